The Morgan fingerprint density at radius 1 is 1.55 bits per heavy atom. The summed E-state index contributed by atoms with van der Waals surface area (Å²) in [6, 6.07) is 0.947. The van der Waals surface area contributed by atoms with E-state index in [1.807, 2.05) is 7.05 Å². The topological polar surface area (TPSA) is 41.1 Å². The molecule has 0 aromatic rings. The zero-order valence-electron chi connectivity index (χ0n) is 6.76. The molecule has 0 spiro atoms. The maximum absolute atomic E-state index is 10.8. The third-order valence-electron chi connectivity index (χ3n) is 2.08. The molecular formula is C8H14N2O. The van der Waals surface area contributed by atoms with Gasteiger partial charge in [-0.2, -0.15) is 0 Å². The van der Waals surface area contributed by atoms with Crippen LogP contribution in [0.4, 0.5) is 0 Å². The highest BCUT2D eigenvalue weighted by molar-refractivity contribution is 5.87. The van der Waals surface area contributed by atoms with Crippen molar-refractivity contribution in [2.24, 2.45) is 0 Å². The zero-order chi connectivity index (χ0) is 8.27. The van der Waals surface area contributed by atoms with Gasteiger partial charge in [-0.3, -0.25) is 4.79 Å². The predicted molar refractivity (Wildman–Crippen MR) is 44.2 cm³/mol. The number of hydrogen-bond donors (Lipinski definition) is 2. The minimum Gasteiger partial charge on any atom is -0.350 e. The van der Waals surface area contributed by atoms with Gasteiger partial charge in [0.05, 0.1) is 0 Å². The number of nitrogens with one attached hydrogen (secondary N) is 2. The van der Waals surface area contributed by atoms with E-state index in [9.17, 15) is 4.79 Å². The molecule has 0 heterocycles. The maximum Gasteiger partial charge on any atom is 0.243 e. The van der Waals surface area contributed by atoms with Gasteiger partial charge < -0.3 is 10.6 Å². The standard InChI is InChI=1S/C8H14N2O/c1-3-8(11)10-7-4-6(5-7)9-2/h3,6-7,9H,1,4-5H2,2H3,(H,10,11). The van der Waals surface area contributed by atoms with Crippen molar-refractivity contribution in [2.75, 3.05) is 7.05 Å². The molecule has 0 aromatic heterocycles. The van der Waals surface area contributed by atoms with Crippen molar-refractivity contribution < 1.29 is 4.79 Å². The van der Waals surface area contributed by atoms with E-state index in [4.69, 9.17) is 0 Å². The average molecular weight is 154 g/mol. The molecule has 1 rings (SSSR count). The largest absolute Gasteiger partial charge is 0.350 e. The second-order valence-corrected chi connectivity index (χ2v) is 2.87. The summed E-state index contributed by atoms with van der Waals surface area (Å²) in [5.41, 5.74) is 0. The van der Waals surface area contributed by atoms with Gasteiger partial charge in [0.15, 0.2) is 0 Å². The molecule has 0 radical (unpaired) electrons. The maximum atomic E-state index is 10.8. The summed E-state index contributed by atoms with van der Waals surface area (Å²) in [5, 5.41) is 5.98. The molecule has 3 heteroatoms. The van der Waals surface area contributed by atoms with Crippen LogP contribution in [0.25, 0.3) is 0 Å². The Hall–Kier alpha value is -0.830. The van der Waals surface area contributed by atoms with Crippen LogP contribution in [-0.2, 0) is 4.79 Å². The van der Waals surface area contributed by atoms with Gasteiger partial charge in [-0.05, 0) is 26.0 Å². The number of carbonyl (C=O) groups is 1. The lowest BCUT2D eigenvalue weighted by Gasteiger charge is -2.35. The molecule has 62 valence electrons. The SMILES string of the molecule is C=CC(=O)NC1CC(NC)C1. The molecule has 1 saturated carbocycles. The molecule has 0 saturated heterocycles. The van der Waals surface area contributed by atoms with Gasteiger partial charge in [-0.25, -0.2) is 0 Å². The van der Waals surface area contributed by atoms with Gasteiger partial charge in [-0.1, -0.05) is 6.58 Å². The van der Waals surface area contributed by atoms with E-state index in [0.29, 0.717) is 12.1 Å². The molecule has 3 nitrogen and oxygen atoms in total. The van der Waals surface area contributed by atoms with Crippen molar-refractivity contribution >= 4 is 5.91 Å². The molecule has 0 unspecified atom stereocenters. The Labute approximate surface area is 66.9 Å². The van der Waals surface area contributed by atoms with Crippen LogP contribution in [0.15, 0.2) is 12.7 Å². The summed E-state index contributed by atoms with van der Waals surface area (Å²) in [5.74, 6) is -0.0652. The van der Waals surface area contributed by atoms with E-state index in [1.54, 1.807) is 0 Å². The number of rotatable bonds is 3. The lowest BCUT2D eigenvalue weighted by atomic mass is 9.87. The second kappa shape index (κ2) is 3.53. The molecule has 1 aliphatic rings. The first-order valence-corrected chi connectivity index (χ1v) is 3.86. The van der Waals surface area contributed by atoms with Crippen LogP contribution >= 0.6 is 0 Å². The van der Waals surface area contributed by atoms with E-state index >= 15 is 0 Å². The van der Waals surface area contributed by atoms with Crippen LogP contribution in [-0.4, -0.2) is 25.0 Å². The Morgan fingerprint density at radius 3 is 2.64 bits per heavy atom. The van der Waals surface area contributed by atoms with Crippen LogP contribution in [0, 0.1) is 0 Å². The Balaban J connectivity index is 2.13. The average Bonchev–Trinajstić information content (AvgIpc) is 1.95. The zero-order valence-corrected chi connectivity index (χ0v) is 6.76. The normalized spacial score (nSPS) is 28.8. The fraction of sp³-hybridized carbons (Fsp3) is 0.625. The molecule has 2 N–H and O–H groups in total. The fourth-order valence-electron chi connectivity index (χ4n) is 1.23. The molecule has 1 aliphatic carbocycles. The van der Waals surface area contributed by atoms with Gasteiger partial charge in [0.2, 0.25) is 5.91 Å². The van der Waals surface area contributed by atoms with E-state index in [2.05, 4.69) is 17.2 Å². The molecule has 1 amide bonds. The first-order valence-electron chi connectivity index (χ1n) is 3.86. The first kappa shape index (κ1) is 8.27. The molecule has 0 aliphatic heterocycles. The van der Waals surface area contributed by atoms with Crippen LogP contribution < -0.4 is 10.6 Å². The molecule has 0 atom stereocenters. The van der Waals surface area contributed by atoms with Gasteiger partial charge in [-0.15, -0.1) is 0 Å². The Morgan fingerprint density at radius 2 is 2.18 bits per heavy atom. The lowest BCUT2D eigenvalue weighted by molar-refractivity contribution is -0.117. The summed E-state index contributed by atoms with van der Waals surface area (Å²) < 4.78 is 0. The second-order valence-electron chi connectivity index (χ2n) is 2.87. The molecule has 0 bridgehead atoms. The van der Waals surface area contributed by atoms with Crippen LogP contribution in [0.2, 0.25) is 0 Å². The Bertz CT molecular complexity index is 161. The highest BCUT2D eigenvalue weighted by Gasteiger charge is 2.27. The van der Waals surface area contributed by atoms with Crippen molar-refractivity contribution in [3.05, 3.63) is 12.7 Å². The summed E-state index contributed by atoms with van der Waals surface area (Å²) in [7, 11) is 1.94. The predicted octanol–water partition coefficient (Wildman–Crippen LogP) is 0.0390. The molecular weight excluding hydrogens is 140 g/mol. The highest BCUT2D eigenvalue weighted by Crippen LogP contribution is 2.18. The Kier molecular flexibility index (Phi) is 2.65. The minimum absolute atomic E-state index is 0.0652. The van der Waals surface area contributed by atoms with Gasteiger partial charge in [0.25, 0.3) is 0 Å². The highest BCUT2D eigenvalue weighted by atomic mass is 16.1. The van der Waals surface area contributed by atoms with E-state index in [0.717, 1.165) is 12.8 Å². The van der Waals surface area contributed by atoms with Gasteiger partial charge in [0.1, 0.15) is 0 Å². The quantitative estimate of drug-likeness (QED) is 0.563. The fourth-order valence-corrected chi connectivity index (χ4v) is 1.23. The third-order valence-corrected chi connectivity index (χ3v) is 2.08. The van der Waals surface area contributed by atoms with Crippen LogP contribution in [0.3, 0.4) is 0 Å². The van der Waals surface area contributed by atoms with Crippen molar-refractivity contribution in [2.45, 2.75) is 24.9 Å². The monoisotopic (exact) mass is 154 g/mol. The molecule has 11 heavy (non-hydrogen) atoms. The third kappa shape index (κ3) is 2.05. The van der Waals surface area contributed by atoms with E-state index in [-0.39, 0.29) is 5.91 Å². The summed E-state index contributed by atoms with van der Waals surface area (Å²) in [6.45, 7) is 3.38. The van der Waals surface area contributed by atoms with Crippen molar-refractivity contribution in [3.8, 4) is 0 Å². The summed E-state index contributed by atoms with van der Waals surface area (Å²) in [6.07, 6.45) is 3.39. The van der Waals surface area contributed by atoms with Crippen molar-refractivity contribution in [3.63, 3.8) is 0 Å². The van der Waals surface area contributed by atoms with Gasteiger partial charge in [0, 0.05) is 12.1 Å². The smallest absolute Gasteiger partial charge is 0.243 e. The summed E-state index contributed by atoms with van der Waals surface area (Å²) >= 11 is 0. The van der Waals surface area contributed by atoms with Crippen molar-refractivity contribution in [1.29, 1.82) is 0 Å². The van der Waals surface area contributed by atoms with Crippen LogP contribution in [0.5, 0.6) is 0 Å². The lowest BCUT2D eigenvalue weighted by Crippen LogP contribution is -2.51. The molecule has 0 aromatic carbocycles. The first-order chi connectivity index (χ1) is 5.26. The molecule has 1 fully saturated rings. The number of amides is 1. The summed E-state index contributed by atoms with van der Waals surface area (Å²) in [4.78, 5) is 10.8. The van der Waals surface area contributed by atoms with E-state index in [1.165, 1.54) is 6.08 Å². The van der Waals surface area contributed by atoms with Crippen molar-refractivity contribution in [1.82, 2.24) is 10.6 Å². The number of hydrogen-bond acceptors (Lipinski definition) is 2. The van der Waals surface area contributed by atoms with E-state index < -0.39 is 0 Å². The van der Waals surface area contributed by atoms with Gasteiger partial charge >= 0.3 is 0 Å². The van der Waals surface area contributed by atoms with Crippen LogP contribution in [0.1, 0.15) is 12.8 Å². The number of carbonyl (C=O) groups excluding carboxylic acids is 1. The minimum atomic E-state index is -0.0652.